The van der Waals surface area contributed by atoms with Crippen LogP contribution in [0.4, 0.5) is 0 Å². The van der Waals surface area contributed by atoms with Gasteiger partial charge in [-0.25, -0.2) is 0 Å². The van der Waals surface area contributed by atoms with Gasteiger partial charge >= 0.3 is 0 Å². The molecule has 2 atom stereocenters. The Labute approximate surface area is 136 Å². The first-order valence-corrected chi connectivity index (χ1v) is 11.1. The molecular weight excluding hydrogens is 288 g/mol. The van der Waals surface area contributed by atoms with E-state index in [0.29, 0.717) is 5.92 Å². The fraction of sp³-hybridized carbons (Fsp3) is 0.579. The lowest BCUT2D eigenvalue weighted by Crippen LogP contribution is -2.44. The Hall–Kier alpha value is -1.06. The highest BCUT2D eigenvalue weighted by atomic mass is 28.4. The van der Waals surface area contributed by atoms with E-state index in [0.717, 1.165) is 5.58 Å². The lowest BCUT2D eigenvalue weighted by molar-refractivity contribution is 0.175. The minimum Gasteiger partial charge on any atom is -0.464 e. The number of fused-ring (bicyclic) bond motifs is 1. The van der Waals surface area contributed by atoms with Gasteiger partial charge in [-0.2, -0.15) is 0 Å². The first-order chi connectivity index (χ1) is 10.0. The monoisotopic (exact) mass is 318 g/mol. The Morgan fingerprint density at radius 3 is 2.32 bits per heavy atom. The van der Waals surface area contributed by atoms with Gasteiger partial charge in [0.15, 0.2) is 8.32 Å². The van der Waals surface area contributed by atoms with Crippen molar-refractivity contribution in [2.24, 2.45) is 0 Å². The summed E-state index contributed by atoms with van der Waals surface area (Å²) in [5.74, 6) is 0.342. The van der Waals surface area contributed by atoms with Gasteiger partial charge in [0.05, 0.1) is 6.26 Å². The summed E-state index contributed by atoms with van der Waals surface area (Å²) in [7, 11) is -1.75. The Morgan fingerprint density at radius 1 is 1.09 bits per heavy atom. The molecule has 122 valence electrons. The Balaban J connectivity index is 2.29. The molecule has 0 saturated carbocycles. The van der Waals surface area contributed by atoms with Gasteiger partial charge in [-0.1, -0.05) is 39.8 Å². The average Bonchev–Trinajstić information content (AvgIpc) is 2.86. The fourth-order valence-corrected chi connectivity index (χ4v) is 4.10. The summed E-state index contributed by atoms with van der Waals surface area (Å²) in [6.45, 7) is 18.1. The second kappa shape index (κ2) is 5.86. The van der Waals surface area contributed by atoms with E-state index in [-0.39, 0.29) is 11.1 Å². The standard InChI is InChI=1S/C19H30O2Si/c1-13-9-10-16(17-11-12-20-18(13)17)14(2)15(3)21-22(7,8)19(4,5)6/h9-12,14-15H,1-8H3. The lowest BCUT2D eigenvalue weighted by atomic mass is 9.92. The number of aryl methyl sites for hydroxylation is 1. The molecule has 0 radical (unpaired) electrons. The van der Waals surface area contributed by atoms with Crippen molar-refractivity contribution in [2.45, 2.75) is 71.7 Å². The summed E-state index contributed by atoms with van der Waals surface area (Å²) < 4.78 is 12.2. The second-order valence-corrected chi connectivity index (χ2v) is 12.8. The maximum absolute atomic E-state index is 6.58. The predicted molar refractivity (Wildman–Crippen MR) is 97.1 cm³/mol. The van der Waals surface area contributed by atoms with Crippen molar-refractivity contribution < 1.29 is 8.84 Å². The maximum Gasteiger partial charge on any atom is 0.192 e. The summed E-state index contributed by atoms with van der Waals surface area (Å²) in [4.78, 5) is 0. The molecule has 2 unspecified atom stereocenters. The normalized spacial score (nSPS) is 16.0. The van der Waals surface area contributed by atoms with Gasteiger partial charge in [-0.15, -0.1) is 0 Å². The van der Waals surface area contributed by atoms with E-state index >= 15 is 0 Å². The summed E-state index contributed by atoms with van der Waals surface area (Å²) >= 11 is 0. The minimum absolute atomic E-state index is 0.196. The molecule has 2 aromatic rings. The van der Waals surface area contributed by atoms with E-state index in [1.807, 2.05) is 0 Å². The summed E-state index contributed by atoms with van der Waals surface area (Å²) in [6.07, 6.45) is 1.98. The van der Waals surface area contributed by atoms with Crippen molar-refractivity contribution in [1.82, 2.24) is 0 Å². The molecule has 1 aromatic carbocycles. The van der Waals surface area contributed by atoms with E-state index in [1.165, 1.54) is 16.5 Å². The molecule has 0 aliphatic heterocycles. The van der Waals surface area contributed by atoms with Crippen molar-refractivity contribution >= 4 is 19.3 Å². The number of hydrogen-bond donors (Lipinski definition) is 0. The van der Waals surface area contributed by atoms with Gasteiger partial charge in [0.1, 0.15) is 5.58 Å². The summed E-state index contributed by atoms with van der Waals surface area (Å²) in [5, 5.41) is 1.46. The molecule has 0 fully saturated rings. The van der Waals surface area contributed by atoms with E-state index in [1.54, 1.807) is 6.26 Å². The highest BCUT2D eigenvalue weighted by Gasteiger charge is 2.39. The molecule has 0 aliphatic rings. The molecule has 0 N–H and O–H groups in total. The van der Waals surface area contributed by atoms with Crippen molar-refractivity contribution in [3.63, 3.8) is 0 Å². The number of rotatable bonds is 4. The third-order valence-corrected chi connectivity index (χ3v) is 9.90. The van der Waals surface area contributed by atoms with Gasteiger partial charge < -0.3 is 8.84 Å². The van der Waals surface area contributed by atoms with Crippen LogP contribution in [0.2, 0.25) is 18.1 Å². The van der Waals surface area contributed by atoms with Gasteiger partial charge in [0.25, 0.3) is 0 Å². The zero-order valence-electron chi connectivity index (χ0n) is 15.3. The fourth-order valence-electron chi connectivity index (χ4n) is 2.62. The molecule has 0 aliphatic carbocycles. The summed E-state index contributed by atoms with van der Waals surface area (Å²) in [5.41, 5.74) is 3.51. The highest BCUT2D eigenvalue weighted by Crippen LogP contribution is 2.40. The van der Waals surface area contributed by atoms with Gasteiger partial charge in [0, 0.05) is 17.4 Å². The van der Waals surface area contributed by atoms with Crippen molar-refractivity contribution in [3.05, 3.63) is 35.6 Å². The quantitative estimate of drug-likeness (QED) is 0.621. The van der Waals surface area contributed by atoms with E-state index in [4.69, 9.17) is 8.84 Å². The maximum atomic E-state index is 6.58. The van der Waals surface area contributed by atoms with Gasteiger partial charge in [-0.05, 0) is 49.2 Å². The molecule has 1 heterocycles. The first-order valence-electron chi connectivity index (χ1n) is 8.19. The second-order valence-electron chi connectivity index (χ2n) is 8.01. The zero-order valence-corrected chi connectivity index (χ0v) is 16.3. The van der Waals surface area contributed by atoms with Crippen LogP contribution in [0.25, 0.3) is 11.0 Å². The van der Waals surface area contributed by atoms with Crippen LogP contribution < -0.4 is 0 Å². The smallest absolute Gasteiger partial charge is 0.192 e. The van der Waals surface area contributed by atoms with Crippen molar-refractivity contribution in [2.75, 3.05) is 0 Å². The van der Waals surface area contributed by atoms with E-state index in [2.05, 4.69) is 72.8 Å². The molecule has 0 spiro atoms. The topological polar surface area (TPSA) is 22.4 Å². The lowest BCUT2D eigenvalue weighted by Gasteiger charge is -2.40. The minimum atomic E-state index is -1.75. The van der Waals surface area contributed by atoms with E-state index < -0.39 is 8.32 Å². The molecule has 0 amide bonds. The van der Waals surface area contributed by atoms with Crippen molar-refractivity contribution in [3.8, 4) is 0 Å². The zero-order chi connectivity index (χ0) is 16.7. The molecular formula is C19H30O2Si. The molecule has 2 rings (SSSR count). The molecule has 3 heteroatoms. The molecule has 0 bridgehead atoms. The predicted octanol–water partition coefficient (Wildman–Crippen LogP) is 6.26. The van der Waals surface area contributed by atoms with Crippen LogP contribution in [-0.4, -0.2) is 14.4 Å². The SMILES string of the molecule is Cc1ccc(C(C)C(C)O[Si](C)(C)C(C)(C)C)c2ccoc12. The number of furan rings is 1. The molecule has 1 aromatic heterocycles. The largest absolute Gasteiger partial charge is 0.464 e. The van der Waals surface area contributed by atoms with Gasteiger partial charge in [-0.3, -0.25) is 0 Å². The highest BCUT2D eigenvalue weighted by molar-refractivity contribution is 6.74. The third kappa shape index (κ3) is 3.16. The van der Waals surface area contributed by atoms with Crippen LogP contribution in [0.5, 0.6) is 0 Å². The number of benzene rings is 1. The van der Waals surface area contributed by atoms with Crippen molar-refractivity contribution in [1.29, 1.82) is 0 Å². The molecule has 22 heavy (non-hydrogen) atoms. The molecule has 2 nitrogen and oxygen atoms in total. The van der Waals surface area contributed by atoms with E-state index in [9.17, 15) is 0 Å². The summed E-state index contributed by atoms with van der Waals surface area (Å²) in [6, 6.07) is 6.45. The van der Waals surface area contributed by atoms with Crippen LogP contribution >= 0.6 is 0 Å². The average molecular weight is 319 g/mol. The van der Waals surface area contributed by atoms with Crippen LogP contribution in [0.1, 0.15) is 51.7 Å². The van der Waals surface area contributed by atoms with Gasteiger partial charge in [0.2, 0.25) is 0 Å². The Kier molecular flexibility index (Phi) is 4.60. The first kappa shape index (κ1) is 17.3. The van der Waals surface area contributed by atoms with Crippen LogP contribution in [0.3, 0.4) is 0 Å². The molecule has 0 saturated heterocycles. The van der Waals surface area contributed by atoms with Crippen LogP contribution in [0.15, 0.2) is 28.9 Å². The Morgan fingerprint density at radius 2 is 1.73 bits per heavy atom. The van der Waals surface area contributed by atoms with Crippen LogP contribution in [0, 0.1) is 6.92 Å². The number of hydrogen-bond acceptors (Lipinski definition) is 2. The van der Waals surface area contributed by atoms with Crippen LogP contribution in [-0.2, 0) is 4.43 Å². The third-order valence-electron chi connectivity index (χ3n) is 5.33. The Bertz CT molecular complexity index is 649.